The molecule has 3 rings (SSSR count). The lowest BCUT2D eigenvalue weighted by atomic mass is 9.68. The molecule has 2 bridgehead atoms. The average Bonchev–Trinajstić information content (AvgIpc) is 2.97. The predicted octanol–water partition coefficient (Wildman–Crippen LogP) is 4.44. The Morgan fingerprint density at radius 2 is 1.80 bits per heavy atom. The molecule has 1 heterocycles. The van der Waals surface area contributed by atoms with Crippen molar-refractivity contribution in [3.63, 3.8) is 0 Å². The van der Waals surface area contributed by atoms with Gasteiger partial charge in [0.05, 0.1) is 0 Å². The third kappa shape index (κ3) is 3.84. The van der Waals surface area contributed by atoms with Gasteiger partial charge in [0, 0.05) is 19.1 Å². The van der Waals surface area contributed by atoms with Crippen LogP contribution in [0, 0.1) is 22.7 Å². The zero-order chi connectivity index (χ0) is 18.5. The number of hydrogen-bond acceptors (Lipinski definition) is 3. The molecule has 4 heteroatoms. The van der Waals surface area contributed by atoms with Gasteiger partial charge >= 0.3 is 6.09 Å². The summed E-state index contributed by atoms with van der Waals surface area (Å²) in [5, 5.41) is 3.96. The van der Waals surface area contributed by atoms with E-state index in [1.54, 1.807) is 0 Å². The van der Waals surface area contributed by atoms with Crippen LogP contribution < -0.4 is 5.32 Å². The molecule has 1 aliphatic heterocycles. The Hall–Kier alpha value is -0.770. The number of fused-ring (bicyclic) bond motifs is 2. The number of carbonyl (C=O) groups is 1. The van der Waals surface area contributed by atoms with E-state index in [2.05, 4.69) is 26.1 Å². The van der Waals surface area contributed by atoms with Crippen molar-refractivity contribution < 1.29 is 9.53 Å². The summed E-state index contributed by atoms with van der Waals surface area (Å²) in [5.41, 5.74) is 0.508. The van der Waals surface area contributed by atoms with Crippen LogP contribution in [0.5, 0.6) is 0 Å². The molecule has 0 aromatic heterocycles. The second-order valence-corrected chi connectivity index (χ2v) is 10.7. The summed E-state index contributed by atoms with van der Waals surface area (Å²) in [5.74, 6) is 1.57. The molecule has 0 radical (unpaired) electrons. The quantitative estimate of drug-likeness (QED) is 0.818. The van der Waals surface area contributed by atoms with Gasteiger partial charge in [0.15, 0.2) is 0 Å². The van der Waals surface area contributed by atoms with Gasteiger partial charge in [-0.15, -0.1) is 0 Å². The minimum Gasteiger partial charge on any atom is -0.444 e. The van der Waals surface area contributed by atoms with Gasteiger partial charge < -0.3 is 15.0 Å². The first kappa shape index (κ1) is 19.0. The number of likely N-dealkylation sites (tertiary alicyclic amines) is 1. The first-order valence-electron chi connectivity index (χ1n) is 10.2. The number of hydrogen-bond donors (Lipinski definition) is 1. The number of nitrogens with one attached hydrogen (secondary N) is 1. The Morgan fingerprint density at radius 3 is 2.32 bits per heavy atom. The third-order valence-corrected chi connectivity index (χ3v) is 7.15. The predicted molar refractivity (Wildman–Crippen MR) is 102 cm³/mol. The number of piperidine rings is 1. The Bertz CT molecular complexity index is 498. The SMILES string of the molecule is CC(C)(C)OC(=O)N1CCC(CNC2C3(C)CCC(C3)C2(C)C)CC1. The Balaban J connectivity index is 1.46. The van der Waals surface area contributed by atoms with Crippen molar-refractivity contribution >= 4 is 6.09 Å². The van der Waals surface area contributed by atoms with Crippen LogP contribution in [0.4, 0.5) is 4.79 Å². The second kappa shape index (κ2) is 6.44. The van der Waals surface area contributed by atoms with Gasteiger partial charge in [-0.25, -0.2) is 4.79 Å². The highest BCUT2D eigenvalue weighted by molar-refractivity contribution is 5.68. The van der Waals surface area contributed by atoms with Crippen LogP contribution in [0.1, 0.15) is 73.6 Å². The average molecular weight is 351 g/mol. The standard InChI is InChI=1S/C21H38N2O2/c1-19(2,3)25-18(24)23-11-8-15(9-12-23)14-22-17-20(4,5)16-7-10-21(17,6)13-16/h15-17,22H,7-14H2,1-6H3. The second-order valence-electron chi connectivity index (χ2n) is 10.7. The molecule has 4 nitrogen and oxygen atoms in total. The van der Waals surface area contributed by atoms with Crippen molar-refractivity contribution in [3.8, 4) is 0 Å². The van der Waals surface area contributed by atoms with Crippen LogP contribution in [0.2, 0.25) is 0 Å². The summed E-state index contributed by atoms with van der Waals surface area (Å²) >= 11 is 0. The first-order chi connectivity index (χ1) is 11.5. The largest absolute Gasteiger partial charge is 0.444 e. The van der Waals surface area contributed by atoms with E-state index in [1.165, 1.54) is 19.3 Å². The van der Waals surface area contributed by atoms with Crippen LogP contribution in [0.15, 0.2) is 0 Å². The fraction of sp³-hybridized carbons (Fsp3) is 0.952. The van der Waals surface area contributed by atoms with E-state index in [-0.39, 0.29) is 6.09 Å². The molecule has 0 aromatic carbocycles. The monoisotopic (exact) mass is 350 g/mol. The van der Waals surface area contributed by atoms with E-state index in [9.17, 15) is 4.79 Å². The molecule has 25 heavy (non-hydrogen) atoms. The van der Waals surface area contributed by atoms with E-state index in [4.69, 9.17) is 4.74 Å². The molecule has 3 fully saturated rings. The van der Waals surface area contributed by atoms with Crippen LogP contribution in [-0.2, 0) is 4.74 Å². The fourth-order valence-corrected chi connectivity index (χ4v) is 5.74. The van der Waals surface area contributed by atoms with Gasteiger partial charge in [0.2, 0.25) is 0 Å². The van der Waals surface area contributed by atoms with Crippen molar-refractivity contribution in [2.24, 2.45) is 22.7 Å². The zero-order valence-corrected chi connectivity index (χ0v) is 17.2. The maximum absolute atomic E-state index is 12.2. The van der Waals surface area contributed by atoms with Crippen LogP contribution in [0.3, 0.4) is 0 Å². The molecule has 3 aliphatic rings. The molecule has 2 saturated carbocycles. The normalized spacial score (nSPS) is 35.2. The molecule has 0 aromatic rings. The molecular formula is C21H38N2O2. The van der Waals surface area contributed by atoms with Crippen molar-refractivity contribution in [2.45, 2.75) is 85.3 Å². The van der Waals surface area contributed by atoms with E-state index < -0.39 is 5.60 Å². The van der Waals surface area contributed by atoms with Gasteiger partial charge in [-0.1, -0.05) is 20.8 Å². The van der Waals surface area contributed by atoms with Crippen molar-refractivity contribution in [3.05, 3.63) is 0 Å². The van der Waals surface area contributed by atoms with Gasteiger partial charge in [-0.05, 0) is 82.1 Å². The molecule has 1 saturated heterocycles. The Morgan fingerprint density at radius 1 is 1.16 bits per heavy atom. The van der Waals surface area contributed by atoms with Crippen molar-refractivity contribution in [2.75, 3.05) is 19.6 Å². The first-order valence-corrected chi connectivity index (χ1v) is 10.2. The Kier molecular flexibility index (Phi) is 4.89. The number of amides is 1. The summed E-state index contributed by atoms with van der Waals surface area (Å²) in [6, 6.07) is 0.641. The minimum atomic E-state index is -0.404. The maximum Gasteiger partial charge on any atom is 0.410 e. The molecule has 3 atom stereocenters. The summed E-state index contributed by atoms with van der Waals surface area (Å²) in [4.78, 5) is 14.1. The third-order valence-electron chi connectivity index (χ3n) is 7.15. The lowest BCUT2D eigenvalue weighted by molar-refractivity contribution is 0.0177. The molecule has 3 unspecified atom stereocenters. The Labute approximate surface area is 154 Å². The van der Waals surface area contributed by atoms with Crippen LogP contribution >= 0.6 is 0 Å². The summed E-state index contributed by atoms with van der Waals surface area (Å²) in [7, 11) is 0. The molecule has 0 spiro atoms. The van der Waals surface area contributed by atoms with Gasteiger partial charge in [0.25, 0.3) is 0 Å². The van der Waals surface area contributed by atoms with E-state index in [0.29, 0.717) is 22.8 Å². The topological polar surface area (TPSA) is 41.6 Å². The van der Waals surface area contributed by atoms with Gasteiger partial charge in [-0.2, -0.15) is 0 Å². The smallest absolute Gasteiger partial charge is 0.410 e. The van der Waals surface area contributed by atoms with E-state index in [0.717, 1.165) is 38.4 Å². The summed E-state index contributed by atoms with van der Waals surface area (Å²) < 4.78 is 5.50. The molecule has 144 valence electrons. The number of ether oxygens (including phenoxy) is 1. The highest BCUT2D eigenvalue weighted by Gasteiger charge is 2.58. The summed E-state index contributed by atoms with van der Waals surface area (Å²) in [6.07, 6.45) is 6.21. The molecule has 1 N–H and O–H groups in total. The summed E-state index contributed by atoms with van der Waals surface area (Å²) in [6.45, 7) is 16.0. The highest BCUT2D eigenvalue weighted by Crippen LogP contribution is 2.62. The molecular weight excluding hydrogens is 312 g/mol. The van der Waals surface area contributed by atoms with Gasteiger partial charge in [-0.3, -0.25) is 0 Å². The number of carbonyl (C=O) groups excluding carboxylic acids is 1. The maximum atomic E-state index is 12.2. The lowest BCUT2D eigenvalue weighted by Gasteiger charge is -2.44. The highest BCUT2D eigenvalue weighted by atomic mass is 16.6. The zero-order valence-electron chi connectivity index (χ0n) is 17.2. The van der Waals surface area contributed by atoms with Crippen LogP contribution in [-0.4, -0.2) is 42.3 Å². The van der Waals surface area contributed by atoms with Crippen LogP contribution in [0.25, 0.3) is 0 Å². The van der Waals surface area contributed by atoms with Crippen molar-refractivity contribution in [1.82, 2.24) is 10.2 Å². The number of rotatable bonds is 3. The van der Waals surface area contributed by atoms with E-state index in [1.807, 2.05) is 25.7 Å². The van der Waals surface area contributed by atoms with E-state index >= 15 is 0 Å². The molecule has 2 aliphatic carbocycles. The number of nitrogens with zero attached hydrogens (tertiary/aromatic N) is 1. The fourth-order valence-electron chi connectivity index (χ4n) is 5.74. The molecule has 1 amide bonds. The lowest BCUT2D eigenvalue weighted by Crippen LogP contribution is -2.52. The van der Waals surface area contributed by atoms with Gasteiger partial charge in [0.1, 0.15) is 5.60 Å². The van der Waals surface area contributed by atoms with Crippen molar-refractivity contribution in [1.29, 1.82) is 0 Å². The minimum absolute atomic E-state index is 0.152.